The molecule has 0 radical (unpaired) electrons. The zero-order valence-electron chi connectivity index (χ0n) is 11.9. The third-order valence-electron chi connectivity index (χ3n) is 4.67. The summed E-state index contributed by atoms with van der Waals surface area (Å²) in [4.78, 5) is 34.7. The molecule has 2 bridgehead atoms. The number of fused-ring (bicyclic) bond motifs is 1. The van der Waals surface area contributed by atoms with Gasteiger partial charge in [0.05, 0.1) is 11.8 Å². The number of ether oxygens (including phenoxy) is 3. The smallest absolute Gasteiger partial charge is 0.376 e. The Morgan fingerprint density at radius 1 is 1.27 bits per heavy atom. The maximum atomic E-state index is 12.6. The Kier molecular flexibility index (Phi) is 3.57. The quantitative estimate of drug-likeness (QED) is 0.426. The molecule has 0 amide bonds. The number of hydrogen-bond acceptors (Lipinski definition) is 6. The van der Waals surface area contributed by atoms with Crippen LogP contribution in [0.25, 0.3) is 0 Å². The Bertz CT molecular complexity index is 512. The van der Waals surface area contributed by atoms with Crippen LogP contribution in [0.15, 0.2) is 0 Å². The largest absolute Gasteiger partial charge is 0.462 e. The summed E-state index contributed by atoms with van der Waals surface area (Å²) in [6.45, 7) is -0.314. The fourth-order valence-electron chi connectivity index (χ4n) is 3.82. The lowest BCUT2D eigenvalue weighted by Gasteiger charge is -2.22. The Hall–Kier alpha value is -1.73. The molecule has 1 heterocycles. The molecular formula is C14H16F2O6. The minimum atomic E-state index is -3.57. The van der Waals surface area contributed by atoms with Gasteiger partial charge in [-0.05, 0) is 18.8 Å². The van der Waals surface area contributed by atoms with Crippen molar-refractivity contribution in [2.45, 2.75) is 31.8 Å². The highest BCUT2D eigenvalue weighted by atomic mass is 19.3. The van der Waals surface area contributed by atoms with Crippen LogP contribution in [0.2, 0.25) is 0 Å². The molecule has 0 spiro atoms. The van der Waals surface area contributed by atoms with Crippen molar-refractivity contribution in [3.63, 3.8) is 0 Å². The van der Waals surface area contributed by atoms with Crippen LogP contribution in [0.3, 0.4) is 0 Å². The van der Waals surface area contributed by atoms with Gasteiger partial charge in [0.25, 0.3) is 0 Å². The van der Waals surface area contributed by atoms with E-state index in [2.05, 4.69) is 4.74 Å². The monoisotopic (exact) mass is 318 g/mol. The summed E-state index contributed by atoms with van der Waals surface area (Å²) in [5.41, 5.74) is 0. The van der Waals surface area contributed by atoms with E-state index in [9.17, 15) is 23.2 Å². The Morgan fingerprint density at radius 3 is 2.64 bits per heavy atom. The molecule has 3 rings (SSSR count). The van der Waals surface area contributed by atoms with Gasteiger partial charge in [-0.3, -0.25) is 9.59 Å². The van der Waals surface area contributed by atoms with Crippen LogP contribution in [0, 0.1) is 23.7 Å². The van der Waals surface area contributed by atoms with Crippen molar-refractivity contribution < 1.29 is 37.4 Å². The fourth-order valence-corrected chi connectivity index (χ4v) is 3.82. The second-order valence-electron chi connectivity index (χ2n) is 6.11. The molecule has 1 saturated heterocycles. The van der Waals surface area contributed by atoms with E-state index >= 15 is 0 Å². The Morgan fingerprint density at radius 2 is 1.95 bits per heavy atom. The van der Waals surface area contributed by atoms with E-state index < -0.39 is 36.3 Å². The topological polar surface area (TPSA) is 78.9 Å². The molecule has 1 aliphatic heterocycles. The van der Waals surface area contributed by atoms with Gasteiger partial charge < -0.3 is 14.2 Å². The van der Waals surface area contributed by atoms with E-state index in [4.69, 9.17) is 9.47 Å². The van der Waals surface area contributed by atoms with Crippen LogP contribution in [-0.2, 0) is 28.6 Å². The molecule has 122 valence electrons. The van der Waals surface area contributed by atoms with Crippen molar-refractivity contribution in [1.82, 2.24) is 0 Å². The molecule has 8 heteroatoms. The highest BCUT2D eigenvalue weighted by Gasteiger charge is 2.64. The SMILES string of the molecule is CC(F)(F)C(=O)OCCOC(=O)C1C2CC3OC(=O)C1C3C2. The van der Waals surface area contributed by atoms with Gasteiger partial charge in [0.15, 0.2) is 0 Å². The predicted molar refractivity (Wildman–Crippen MR) is 65.6 cm³/mol. The number of esters is 3. The molecule has 5 atom stereocenters. The normalized spacial score (nSPS) is 35.4. The van der Waals surface area contributed by atoms with Crippen molar-refractivity contribution in [2.75, 3.05) is 13.2 Å². The Labute approximate surface area is 125 Å². The fraction of sp³-hybridized carbons (Fsp3) is 0.786. The summed E-state index contributed by atoms with van der Waals surface area (Å²) in [7, 11) is 0. The molecule has 0 aromatic rings. The highest BCUT2D eigenvalue weighted by molar-refractivity contribution is 5.85. The zero-order valence-corrected chi connectivity index (χ0v) is 11.9. The lowest BCUT2D eigenvalue weighted by Crippen LogP contribution is -2.34. The first-order valence-electron chi connectivity index (χ1n) is 7.21. The van der Waals surface area contributed by atoms with Crippen LogP contribution in [0.4, 0.5) is 8.78 Å². The van der Waals surface area contributed by atoms with E-state index in [1.165, 1.54) is 0 Å². The minimum absolute atomic E-state index is 0.0701. The average molecular weight is 318 g/mol. The van der Waals surface area contributed by atoms with E-state index in [-0.39, 0.29) is 30.5 Å². The van der Waals surface area contributed by atoms with Gasteiger partial charge in [-0.1, -0.05) is 0 Å². The molecule has 0 N–H and O–H groups in total. The molecule has 6 nitrogen and oxygen atoms in total. The summed E-state index contributed by atoms with van der Waals surface area (Å²) in [5.74, 6) is -6.95. The van der Waals surface area contributed by atoms with Gasteiger partial charge >= 0.3 is 23.8 Å². The lowest BCUT2D eigenvalue weighted by molar-refractivity contribution is -0.173. The molecule has 3 aliphatic rings. The van der Waals surface area contributed by atoms with Gasteiger partial charge in [0.2, 0.25) is 0 Å². The molecule has 2 aliphatic carbocycles. The number of rotatable bonds is 5. The van der Waals surface area contributed by atoms with E-state index in [1.807, 2.05) is 0 Å². The van der Waals surface area contributed by atoms with Crippen molar-refractivity contribution in [2.24, 2.45) is 23.7 Å². The molecule has 2 saturated carbocycles. The number of halogens is 2. The molecule has 0 aromatic heterocycles. The summed E-state index contributed by atoms with van der Waals surface area (Å²) in [6.07, 6.45) is 1.38. The molecule has 22 heavy (non-hydrogen) atoms. The van der Waals surface area contributed by atoms with Gasteiger partial charge in [-0.15, -0.1) is 0 Å². The summed E-state index contributed by atoms with van der Waals surface area (Å²) in [5, 5.41) is 0. The van der Waals surface area contributed by atoms with Crippen molar-refractivity contribution in [3.05, 3.63) is 0 Å². The molecule has 5 unspecified atom stereocenters. The van der Waals surface area contributed by atoms with Gasteiger partial charge in [0, 0.05) is 12.8 Å². The number of hydrogen-bond donors (Lipinski definition) is 0. The molecule has 3 fully saturated rings. The summed E-state index contributed by atoms with van der Waals surface area (Å²) in [6, 6.07) is 0. The minimum Gasteiger partial charge on any atom is -0.462 e. The first kappa shape index (κ1) is 15.2. The van der Waals surface area contributed by atoms with Gasteiger partial charge in [-0.25, -0.2) is 4.79 Å². The zero-order chi connectivity index (χ0) is 16.1. The van der Waals surface area contributed by atoms with Crippen LogP contribution in [-0.4, -0.2) is 43.1 Å². The molecular weight excluding hydrogens is 302 g/mol. The number of alkyl halides is 2. The summed E-state index contributed by atoms with van der Waals surface area (Å²) < 4.78 is 39.6. The van der Waals surface area contributed by atoms with Crippen LogP contribution < -0.4 is 0 Å². The predicted octanol–water partition coefficient (Wildman–Crippen LogP) is 0.926. The first-order valence-corrected chi connectivity index (χ1v) is 7.21. The van der Waals surface area contributed by atoms with Crippen LogP contribution in [0.1, 0.15) is 19.8 Å². The average Bonchev–Trinajstić information content (AvgIpc) is 3.02. The summed E-state index contributed by atoms with van der Waals surface area (Å²) >= 11 is 0. The second-order valence-corrected chi connectivity index (χ2v) is 6.11. The lowest BCUT2D eigenvalue weighted by atomic mass is 9.80. The van der Waals surface area contributed by atoms with Crippen molar-refractivity contribution in [1.29, 1.82) is 0 Å². The maximum Gasteiger partial charge on any atom is 0.376 e. The molecule has 0 aromatic carbocycles. The van der Waals surface area contributed by atoms with E-state index in [1.54, 1.807) is 0 Å². The third-order valence-corrected chi connectivity index (χ3v) is 4.67. The van der Waals surface area contributed by atoms with E-state index in [0.717, 1.165) is 6.42 Å². The van der Waals surface area contributed by atoms with Gasteiger partial charge in [0.1, 0.15) is 19.3 Å². The standard InChI is InChI=1S/C14H16F2O6/c1-14(15,16)13(19)21-3-2-20-11(17)9-6-4-7-8(5-6)22-12(18)10(7)9/h6-10H,2-5H2,1H3. The van der Waals surface area contributed by atoms with Crippen molar-refractivity contribution in [3.8, 4) is 0 Å². The third kappa shape index (κ3) is 2.44. The van der Waals surface area contributed by atoms with E-state index in [0.29, 0.717) is 13.3 Å². The highest BCUT2D eigenvalue weighted by Crippen LogP contribution is 2.57. The second kappa shape index (κ2) is 5.17. The van der Waals surface area contributed by atoms with Crippen LogP contribution >= 0.6 is 0 Å². The Balaban J connectivity index is 1.47. The van der Waals surface area contributed by atoms with Crippen molar-refractivity contribution >= 4 is 17.9 Å². The maximum absolute atomic E-state index is 12.6. The van der Waals surface area contributed by atoms with Crippen LogP contribution in [0.5, 0.6) is 0 Å². The first-order chi connectivity index (χ1) is 10.3. The number of carbonyl (C=O) groups excluding carboxylic acids is 3. The number of carbonyl (C=O) groups is 3. The van der Waals surface area contributed by atoms with Gasteiger partial charge in [-0.2, -0.15) is 8.78 Å².